The van der Waals surface area contributed by atoms with Crippen molar-refractivity contribution in [2.24, 2.45) is 0 Å². The predicted molar refractivity (Wildman–Crippen MR) is 103 cm³/mol. The highest BCUT2D eigenvalue weighted by Crippen LogP contribution is 2.27. The largest absolute Gasteiger partial charge is 0.322 e. The summed E-state index contributed by atoms with van der Waals surface area (Å²) in [5.74, 6) is -3.13. The van der Waals surface area contributed by atoms with Crippen LogP contribution in [-0.2, 0) is 10.0 Å². The lowest BCUT2D eigenvalue weighted by molar-refractivity contribution is 0.102. The van der Waals surface area contributed by atoms with Gasteiger partial charge in [-0.15, -0.1) is 0 Å². The third-order valence-corrected chi connectivity index (χ3v) is 6.99. The van der Waals surface area contributed by atoms with Crippen LogP contribution in [0.25, 0.3) is 0 Å². The summed E-state index contributed by atoms with van der Waals surface area (Å²) >= 11 is 5.82. The van der Waals surface area contributed by atoms with Gasteiger partial charge < -0.3 is 5.32 Å². The Hall–Kier alpha value is -2.03. The van der Waals surface area contributed by atoms with Gasteiger partial charge in [0.05, 0.1) is 15.5 Å². The van der Waals surface area contributed by atoms with E-state index in [9.17, 15) is 22.0 Å². The fourth-order valence-corrected chi connectivity index (χ4v) is 5.10. The Balaban J connectivity index is 1.89. The number of carbonyl (C=O) groups is 1. The molecule has 0 spiro atoms. The second kappa shape index (κ2) is 8.14. The number of sulfonamides is 1. The third-order valence-electron chi connectivity index (χ3n) is 4.63. The van der Waals surface area contributed by atoms with E-state index in [1.165, 1.54) is 16.4 Å². The fraction of sp³-hybridized carbons (Fsp3) is 0.316. The van der Waals surface area contributed by atoms with Gasteiger partial charge in [0.1, 0.15) is 0 Å². The Morgan fingerprint density at radius 1 is 1.07 bits per heavy atom. The molecular formula is C19H19ClF2N2O3S. The average Bonchev–Trinajstić information content (AvgIpc) is 2.66. The topological polar surface area (TPSA) is 66.5 Å². The third kappa shape index (κ3) is 4.19. The van der Waals surface area contributed by atoms with Gasteiger partial charge in [-0.05, 0) is 49.6 Å². The molecule has 9 heteroatoms. The number of benzene rings is 2. The Labute approximate surface area is 167 Å². The minimum atomic E-state index is -3.69. The molecule has 1 fully saturated rings. The van der Waals surface area contributed by atoms with E-state index in [0.717, 1.165) is 19.3 Å². The molecule has 0 atom stereocenters. The van der Waals surface area contributed by atoms with Crippen molar-refractivity contribution in [3.8, 4) is 0 Å². The monoisotopic (exact) mass is 428 g/mol. The lowest BCUT2D eigenvalue weighted by atomic mass is 10.1. The maximum Gasteiger partial charge on any atom is 0.257 e. The van der Waals surface area contributed by atoms with E-state index in [4.69, 9.17) is 11.6 Å². The van der Waals surface area contributed by atoms with Gasteiger partial charge in [-0.1, -0.05) is 24.1 Å². The van der Waals surface area contributed by atoms with Gasteiger partial charge in [0.2, 0.25) is 10.0 Å². The summed E-state index contributed by atoms with van der Waals surface area (Å²) in [6.45, 7) is 2.60. The highest BCUT2D eigenvalue weighted by Gasteiger charge is 2.27. The Kier molecular flexibility index (Phi) is 6.02. The smallest absolute Gasteiger partial charge is 0.257 e. The summed E-state index contributed by atoms with van der Waals surface area (Å²) in [6, 6.07) is 5.90. The molecule has 1 amide bonds. The molecule has 0 unspecified atom stereocenters. The average molecular weight is 429 g/mol. The molecule has 150 valence electrons. The van der Waals surface area contributed by atoms with Crippen molar-refractivity contribution in [3.05, 3.63) is 58.1 Å². The van der Waals surface area contributed by atoms with Gasteiger partial charge in [0.15, 0.2) is 11.6 Å². The van der Waals surface area contributed by atoms with Crippen LogP contribution >= 0.6 is 11.6 Å². The van der Waals surface area contributed by atoms with E-state index in [0.29, 0.717) is 30.8 Å². The minimum Gasteiger partial charge on any atom is -0.322 e. The Morgan fingerprint density at radius 2 is 1.71 bits per heavy atom. The zero-order chi connectivity index (χ0) is 20.5. The number of hydrogen-bond acceptors (Lipinski definition) is 3. The van der Waals surface area contributed by atoms with Crippen molar-refractivity contribution in [3.63, 3.8) is 0 Å². The van der Waals surface area contributed by atoms with Crippen molar-refractivity contribution in [2.45, 2.75) is 31.1 Å². The van der Waals surface area contributed by atoms with E-state index in [2.05, 4.69) is 5.32 Å². The van der Waals surface area contributed by atoms with Crippen LogP contribution in [0.15, 0.2) is 35.2 Å². The number of nitrogens with zero attached hydrogens (tertiary/aromatic N) is 1. The quantitative estimate of drug-likeness (QED) is 0.736. The molecule has 1 N–H and O–H groups in total. The molecule has 3 rings (SSSR count). The Morgan fingerprint density at radius 3 is 2.39 bits per heavy atom. The van der Waals surface area contributed by atoms with Crippen molar-refractivity contribution in [2.75, 3.05) is 18.4 Å². The molecule has 0 saturated carbocycles. The van der Waals surface area contributed by atoms with Crippen molar-refractivity contribution in [1.82, 2.24) is 4.31 Å². The second-order valence-electron chi connectivity index (χ2n) is 6.65. The van der Waals surface area contributed by atoms with Crippen LogP contribution in [0.3, 0.4) is 0 Å². The summed E-state index contributed by atoms with van der Waals surface area (Å²) in [4.78, 5) is 12.5. The van der Waals surface area contributed by atoms with Gasteiger partial charge in [0, 0.05) is 18.8 Å². The van der Waals surface area contributed by atoms with Crippen molar-refractivity contribution in [1.29, 1.82) is 0 Å². The highest BCUT2D eigenvalue weighted by molar-refractivity contribution is 7.89. The zero-order valence-corrected chi connectivity index (χ0v) is 16.7. The molecule has 1 saturated heterocycles. The first-order chi connectivity index (χ1) is 13.2. The number of halogens is 3. The van der Waals surface area contributed by atoms with Gasteiger partial charge >= 0.3 is 0 Å². The van der Waals surface area contributed by atoms with Crippen LogP contribution in [0.1, 0.15) is 35.2 Å². The summed E-state index contributed by atoms with van der Waals surface area (Å²) in [7, 11) is -3.69. The standard InChI is InChI=1S/C19H19ClF2N2O3S/c1-12-5-6-13(9-18(12)28(26,27)24-7-3-2-4-8-24)23-19(25)14-10-16(21)17(22)11-15(14)20/h5-6,9-11H,2-4,7-8H2,1H3,(H,23,25). The van der Waals surface area contributed by atoms with Gasteiger partial charge in [-0.3, -0.25) is 4.79 Å². The van der Waals surface area contributed by atoms with Gasteiger partial charge in [-0.2, -0.15) is 4.31 Å². The van der Waals surface area contributed by atoms with E-state index < -0.39 is 27.6 Å². The molecule has 1 aliphatic rings. The number of piperidine rings is 1. The molecule has 28 heavy (non-hydrogen) atoms. The second-order valence-corrected chi connectivity index (χ2v) is 8.96. The van der Waals surface area contributed by atoms with E-state index in [-0.39, 0.29) is 21.2 Å². The van der Waals surface area contributed by atoms with Crippen LogP contribution < -0.4 is 5.32 Å². The lowest BCUT2D eigenvalue weighted by Gasteiger charge is -2.26. The van der Waals surface area contributed by atoms with Crippen LogP contribution in [0.4, 0.5) is 14.5 Å². The molecular weight excluding hydrogens is 410 g/mol. The lowest BCUT2D eigenvalue weighted by Crippen LogP contribution is -2.36. The van der Waals surface area contributed by atoms with Gasteiger partial charge in [0.25, 0.3) is 5.91 Å². The number of rotatable bonds is 4. The van der Waals surface area contributed by atoms with Crippen molar-refractivity contribution >= 4 is 33.2 Å². The number of amides is 1. The van der Waals surface area contributed by atoms with E-state index in [1.807, 2.05) is 0 Å². The Bertz CT molecular complexity index is 1020. The van der Waals surface area contributed by atoms with Crippen LogP contribution in [0, 0.1) is 18.6 Å². The normalized spacial score (nSPS) is 15.4. The summed E-state index contributed by atoms with van der Waals surface area (Å²) in [6.07, 6.45) is 2.61. The first-order valence-corrected chi connectivity index (χ1v) is 10.6. The van der Waals surface area contributed by atoms with Crippen LogP contribution in [-0.4, -0.2) is 31.7 Å². The molecule has 0 bridgehead atoms. The van der Waals surface area contributed by atoms with E-state index >= 15 is 0 Å². The van der Waals surface area contributed by atoms with Gasteiger partial charge in [-0.25, -0.2) is 17.2 Å². The predicted octanol–water partition coefficient (Wildman–Crippen LogP) is 4.35. The van der Waals surface area contributed by atoms with E-state index in [1.54, 1.807) is 13.0 Å². The number of carbonyl (C=O) groups excluding carboxylic acids is 1. The molecule has 2 aromatic rings. The SMILES string of the molecule is Cc1ccc(NC(=O)c2cc(F)c(F)cc2Cl)cc1S(=O)(=O)N1CCCCC1. The maximum atomic E-state index is 13.4. The molecule has 0 aliphatic carbocycles. The fourth-order valence-electron chi connectivity index (χ4n) is 3.10. The first kappa shape index (κ1) is 20.7. The summed E-state index contributed by atoms with van der Waals surface area (Å²) < 4.78 is 54.0. The number of anilines is 1. The van der Waals surface area contributed by atoms with Crippen molar-refractivity contribution < 1.29 is 22.0 Å². The number of nitrogens with one attached hydrogen (secondary N) is 1. The molecule has 0 aromatic heterocycles. The summed E-state index contributed by atoms with van der Waals surface area (Å²) in [5.41, 5.74) is 0.517. The molecule has 1 aliphatic heterocycles. The molecule has 2 aromatic carbocycles. The molecule has 0 radical (unpaired) electrons. The molecule has 1 heterocycles. The first-order valence-electron chi connectivity index (χ1n) is 8.77. The summed E-state index contributed by atoms with van der Waals surface area (Å²) in [5, 5.41) is 2.25. The zero-order valence-electron chi connectivity index (χ0n) is 15.1. The highest BCUT2D eigenvalue weighted by atomic mass is 35.5. The number of hydrogen-bond donors (Lipinski definition) is 1. The number of aryl methyl sites for hydroxylation is 1. The molecule has 5 nitrogen and oxygen atoms in total. The minimum absolute atomic E-state index is 0.101. The van der Waals surface area contributed by atoms with Crippen LogP contribution in [0.5, 0.6) is 0 Å². The maximum absolute atomic E-state index is 13.4. The van der Waals surface area contributed by atoms with Crippen LogP contribution in [0.2, 0.25) is 5.02 Å².